The molecule has 0 spiro atoms. The van der Waals surface area contributed by atoms with Gasteiger partial charge in [0.15, 0.2) is 0 Å². The van der Waals surface area contributed by atoms with Crippen LogP contribution in [-0.2, 0) is 16.8 Å². The van der Waals surface area contributed by atoms with E-state index in [-0.39, 0.29) is 23.9 Å². The fraction of sp³-hybridized carbons (Fsp3) is 0.559. The summed E-state index contributed by atoms with van der Waals surface area (Å²) < 4.78 is 21.4. The molecule has 0 amide bonds. The Kier molecular flexibility index (Phi) is 7.18. The standard InChI is InChI=1S/C34H41N3O6S/c1-19-27-30(38)37(33(2,3)4)32(39)36(31(27)44-28(19)29-35-12-13-42-29)18-26(24-8-6-7-9-25(24)41-5)43-23-14-20-16-34(40,22-10-11-22)17-21(20)15-23/h6-9,12-13,20-23,26,40H,10-11,14-18H2,1-5H3. The molecule has 3 unspecified atom stereocenters. The zero-order chi connectivity index (χ0) is 31.0. The molecule has 3 fully saturated rings. The van der Waals surface area contributed by atoms with Gasteiger partial charge in [0, 0.05) is 11.1 Å². The molecule has 7 rings (SSSR count). The number of oxazole rings is 1. The Morgan fingerprint density at radius 3 is 2.48 bits per heavy atom. The normalized spacial score (nSPS) is 25.9. The maximum Gasteiger partial charge on any atom is 0.332 e. The van der Waals surface area contributed by atoms with E-state index in [1.165, 1.54) is 22.2 Å². The highest BCUT2D eigenvalue weighted by atomic mass is 32.1. The zero-order valence-corrected chi connectivity index (χ0v) is 26.9. The highest BCUT2D eigenvalue weighted by Gasteiger charge is 2.55. The van der Waals surface area contributed by atoms with Crippen LogP contribution in [0.15, 0.2) is 50.7 Å². The van der Waals surface area contributed by atoms with Gasteiger partial charge < -0.3 is 19.0 Å². The van der Waals surface area contributed by atoms with Crippen LogP contribution in [0.3, 0.4) is 0 Å². The van der Waals surface area contributed by atoms with Gasteiger partial charge in [-0.15, -0.1) is 11.3 Å². The molecule has 234 valence electrons. The summed E-state index contributed by atoms with van der Waals surface area (Å²) in [5.41, 5.74) is -0.344. The number of aryl methyl sites for hydroxylation is 1. The van der Waals surface area contributed by atoms with Gasteiger partial charge in [-0.2, -0.15) is 0 Å². The highest BCUT2D eigenvalue weighted by Crippen LogP contribution is 2.57. The summed E-state index contributed by atoms with van der Waals surface area (Å²) in [6.45, 7) is 7.70. The van der Waals surface area contributed by atoms with E-state index in [0.717, 1.165) is 54.5 Å². The molecular formula is C34H41N3O6S. The molecule has 44 heavy (non-hydrogen) atoms. The molecule has 1 N–H and O–H groups in total. The van der Waals surface area contributed by atoms with Crippen molar-refractivity contribution in [1.29, 1.82) is 0 Å². The van der Waals surface area contributed by atoms with E-state index in [1.807, 2.05) is 52.0 Å². The van der Waals surface area contributed by atoms with Gasteiger partial charge in [-0.1, -0.05) is 18.2 Å². The number of nitrogens with zero attached hydrogens (tertiary/aromatic N) is 3. The molecule has 3 atom stereocenters. The first-order valence-corrected chi connectivity index (χ1v) is 16.5. The first-order chi connectivity index (χ1) is 21.0. The number of aliphatic hydroxyl groups is 1. The Morgan fingerprint density at radius 1 is 1.16 bits per heavy atom. The van der Waals surface area contributed by atoms with E-state index in [0.29, 0.717) is 39.6 Å². The molecule has 3 heterocycles. The van der Waals surface area contributed by atoms with Crippen LogP contribution in [0.4, 0.5) is 0 Å². The Morgan fingerprint density at radius 2 is 1.86 bits per heavy atom. The Bertz CT molecular complexity index is 1800. The van der Waals surface area contributed by atoms with Crippen LogP contribution in [0.5, 0.6) is 5.75 Å². The number of thiophene rings is 1. The molecule has 3 aliphatic rings. The second-order valence-corrected chi connectivity index (χ2v) is 15.0. The van der Waals surface area contributed by atoms with Crippen molar-refractivity contribution in [2.24, 2.45) is 17.8 Å². The molecule has 0 saturated heterocycles. The van der Waals surface area contributed by atoms with Crippen molar-refractivity contribution in [2.45, 2.75) is 96.1 Å². The lowest BCUT2D eigenvalue weighted by atomic mass is 9.92. The molecule has 0 bridgehead atoms. The van der Waals surface area contributed by atoms with Crippen molar-refractivity contribution in [1.82, 2.24) is 14.1 Å². The molecule has 3 aliphatic carbocycles. The zero-order valence-electron chi connectivity index (χ0n) is 26.0. The minimum absolute atomic E-state index is 0.00340. The quantitative estimate of drug-likeness (QED) is 0.256. The van der Waals surface area contributed by atoms with E-state index >= 15 is 0 Å². The van der Waals surface area contributed by atoms with E-state index in [2.05, 4.69) is 4.98 Å². The topological polar surface area (TPSA) is 109 Å². The monoisotopic (exact) mass is 619 g/mol. The van der Waals surface area contributed by atoms with Crippen LogP contribution in [0, 0.1) is 24.7 Å². The van der Waals surface area contributed by atoms with Crippen LogP contribution < -0.4 is 16.0 Å². The third kappa shape index (κ3) is 4.95. The maximum atomic E-state index is 14.3. The predicted octanol–water partition coefficient (Wildman–Crippen LogP) is 6.04. The van der Waals surface area contributed by atoms with Gasteiger partial charge in [0.2, 0.25) is 5.89 Å². The fourth-order valence-electron chi connectivity index (χ4n) is 7.90. The van der Waals surface area contributed by atoms with Crippen LogP contribution >= 0.6 is 11.3 Å². The number of fused-ring (bicyclic) bond motifs is 2. The third-order valence-electron chi connectivity index (χ3n) is 10.1. The van der Waals surface area contributed by atoms with Gasteiger partial charge in [-0.05, 0) is 95.6 Å². The number of para-hydroxylation sites is 1. The average molecular weight is 620 g/mol. The number of rotatable bonds is 8. The first-order valence-electron chi connectivity index (χ1n) is 15.7. The van der Waals surface area contributed by atoms with Gasteiger partial charge in [0.1, 0.15) is 22.9 Å². The molecule has 9 nitrogen and oxygen atoms in total. The summed E-state index contributed by atoms with van der Waals surface area (Å²) in [6.07, 6.45) is 8.37. The molecule has 4 aromatic rings. The van der Waals surface area contributed by atoms with E-state index in [9.17, 15) is 14.7 Å². The fourth-order valence-corrected chi connectivity index (χ4v) is 9.14. The number of hydrogen-bond donors (Lipinski definition) is 1. The van der Waals surface area contributed by atoms with E-state index in [1.54, 1.807) is 17.9 Å². The molecular weight excluding hydrogens is 578 g/mol. The van der Waals surface area contributed by atoms with Gasteiger partial charge in [-0.25, -0.2) is 9.78 Å². The lowest BCUT2D eigenvalue weighted by Gasteiger charge is -2.28. The average Bonchev–Trinajstić information content (AvgIpc) is 3.25. The Balaban J connectivity index is 1.31. The molecule has 3 aromatic heterocycles. The van der Waals surface area contributed by atoms with Crippen LogP contribution in [0.2, 0.25) is 0 Å². The summed E-state index contributed by atoms with van der Waals surface area (Å²) >= 11 is 1.35. The largest absolute Gasteiger partial charge is 0.496 e. The minimum atomic E-state index is -0.746. The van der Waals surface area contributed by atoms with Crippen molar-refractivity contribution in [3.05, 3.63) is 68.7 Å². The summed E-state index contributed by atoms with van der Waals surface area (Å²) in [5, 5.41) is 11.7. The predicted molar refractivity (Wildman–Crippen MR) is 169 cm³/mol. The first kappa shape index (κ1) is 29.5. The highest BCUT2D eigenvalue weighted by molar-refractivity contribution is 7.22. The summed E-state index contributed by atoms with van der Waals surface area (Å²) in [5.74, 6) is 2.48. The lowest BCUT2D eigenvalue weighted by molar-refractivity contribution is -0.0343. The van der Waals surface area contributed by atoms with Crippen molar-refractivity contribution < 1.29 is 19.0 Å². The van der Waals surface area contributed by atoms with E-state index < -0.39 is 17.2 Å². The van der Waals surface area contributed by atoms with Gasteiger partial charge in [-0.3, -0.25) is 13.9 Å². The van der Waals surface area contributed by atoms with Crippen molar-refractivity contribution in [2.75, 3.05) is 7.11 Å². The van der Waals surface area contributed by atoms with Crippen molar-refractivity contribution in [3.63, 3.8) is 0 Å². The molecule has 1 aromatic carbocycles. The van der Waals surface area contributed by atoms with Crippen molar-refractivity contribution >= 4 is 21.6 Å². The van der Waals surface area contributed by atoms with Gasteiger partial charge in [0.25, 0.3) is 5.56 Å². The summed E-state index contributed by atoms with van der Waals surface area (Å²) in [7, 11) is 1.64. The number of hydrogen-bond acceptors (Lipinski definition) is 8. The molecule has 0 radical (unpaired) electrons. The Hall–Kier alpha value is -3.21. The molecule has 10 heteroatoms. The van der Waals surface area contributed by atoms with Crippen molar-refractivity contribution in [3.8, 4) is 16.5 Å². The van der Waals surface area contributed by atoms with E-state index in [4.69, 9.17) is 13.9 Å². The van der Waals surface area contributed by atoms with Crippen LogP contribution in [0.1, 0.15) is 76.5 Å². The molecule has 3 saturated carbocycles. The van der Waals surface area contributed by atoms with Crippen LogP contribution in [0.25, 0.3) is 21.0 Å². The lowest BCUT2D eigenvalue weighted by Crippen LogP contribution is -2.48. The number of ether oxygens (including phenoxy) is 2. The summed E-state index contributed by atoms with van der Waals surface area (Å²) in [6, 6.07) is 7.78. The SMILES string of the molecule is COc1ccccc1C(Cn1c(=O)n(C(C)(C)C)c(=O)c2c(C)c(-c3ncco3)sc21)OC1CC2CC(O)(C3CC3)CC2C1. The summed E-state index contributed by atoms with van der Waals surface area (Å²) in [4.78, 5) is 33.9. The third-order valence-corrected chi connectivity index (χ3v) is 11.4. The number of methoxy groups -OCH3 is 1. The number of aromatic nitrogens is 3. The second kappa shape index (κ2) is 10.7. The molecule has 0 aliphatic heterocycles. The number of benzene rings is 1. The maximum absolute atomic E-state index is 14.3. The smallest absolute Gasteiger partial charge is 0.332 e. The van der Waals surface area contributed by atoms with Gasteiger partial charge >= 0.3 is 5.69 Å². The minimum Gasteiger partial charge on any atom is -0.496 e. The second-order valence-electron chi connectivity index (χ2n) is 14.0. The Labute approximate surface area is 260 Å². The van der Waals surface area contributed by atoms with Crippen LogP contribution in [-0.4, -0.2) is 38.0 Å². The van der Waals surface area contributed by atoms with Gasteiger partial charge in [0.05, 0.1) is 41.8 Å².